The molecule has 3 aromatic heterocycles. The van der Waals surface area contributed by atoms with Crippen LogP contribution in [0.25, 0.3) is 11.6 Å². The molecule has 12 nitrogen and oxygen atoms in total. The molecule has 1 N–H and O–H groups in total. The van der Waals surface area contributed by atoms with E-state index in [1.807, 2.05) is 0 Å². The van der Waals surface area contributed by atoms with Crippen LogP contribution in [0.3, 0.4) is 0 Å². The normalized spacial score (nSPS) is 18.0. The molecule has 1 aromatic carbocycles. The number of alkyl halides is 6. The van der Waals surface area contributed by atoms with E-state index in [1.54, 1.807) is 48.5 Å². The highest BCUT2D eigenvalue weighted by atomic mass is 19.4. The number of rotatable bonds is 5. The van der Waals surface area contributed by atoms with Gasteiger partial charge < -0.3 is 23.9 Å². The topological polar surface area (TPSA) is 142 Å². The van der Waals surface area contributed by atoms with Gasteiger partial charge in [0.1, 0.15) is 17.0 Å². The Bertz CT molecular complexity index is 2000. The van der Waals surface area contributed by atoms with Gasteiger partial charge in [-0.2, -0.15) is 31.2 Å². The van der Waals surface area contributed by atoms with Gasteiger partial charge >= 0.3 is 24.5 Å². The maximum absolute atomic E-state index is 15.4. The SMILES string of the molecule is CC(C)(C)OC(=O)N(C(=O)OC(C)(C)C)c1cc(C(F)(F)F)c2nc1-c1nnc(o1)[C@@](OCc1ccccc1)(C(F)(F)F)CCC=CCC(c1ccccn1)N2. The van der Waals surface area contributed by atoms with E-state index in [-0.39, 0.29) is 23.4 Å². The van der Waals surface area contributed by atoms with Crippen molar-refractivity contribution in [2.75, 3.05) is 10.2 Å². The predicted octanol–water partition coefficient (Wildman–Crippen LogP) is 10.1. The molecule has 0 saturated heterocycles. The van der Waals surface area contributed by atoms with Crippen LogP contribution in [-0.4, -0.2) is 49.7 Å². The molecule has 0 radical (unpaired) electrons. The minimum absolute atomic E-state index is 0.0582. The first-order valence-corrected chi connectivity index (χ1v) is 17.4. The molecule has 56 heavy (non-hydrogen) atoms. The molecule has 1 aliphatic rings. The number of hydrogen-bond acceptors (Lipinski definition) is 11. The molecule has 1 aliphatic heterocycles. The fourth-order valence-corrected chi connectivity index (χ4v) is 5.53. The molecule has 0 fully saturated rings. The standard InChI is InChI=1S/C38H40F6N6O6/c1-34(2,3)55-32(51)50(33(52)56-35(4,5)6)27-21-24(37(39,40)41)29-46-26(25-17-12-14-20-45-25)18-11-8-13-19-36(38(42,43)44,53-22-23-15-9-7-10-16-23)31-49-48-30(54-31)28(27)47-29/h7-12,14-17,20-21,26H,13,18-19,22H2,1-6H3,(H,46,47)/t26?,36-/m1/s1. The second-order valence-electron chi connectivity index (χ2n) is 14.8. The zero-order valence-electron chi connectivity index (χ0n) is 31.3. The Balaban J connectivity index is 1.82. The third-order valence-electron chi connectivity index (χ3n) is 8.02. The summed E-state index contributed by atoms with van der Waals surface area (Å²) in [4.78, 5) is 36.1. The van der Waals surface area contributed by atoms with E-state index in [4.69, 9.17) is 18.6 Å². The summed E-state index contributed by atoms with van der Waals surface area (Å²) in [5.74, 6) is -2.84. The highest BCUT2D eigenvalue weighted by molar-refractivity contribution is 6.11. The van der Waals surface area contributed by atoms with Crippen molar-refractivity contribution in [3.8, 4) is 11.6 Å². The van der Waals surface area contributed by atoms with E-state index < -0.39 is 95.0 Å². The number of carbonyl (C=O) groups is 2. The average Bonchev–Trinajstić information content (AvgIpc) is 3.57. The number of halogens is 6. The van der Waals surface area contributed by atoms with Gasteiger partial charge in [-0.25, -0.2) is 14.6 Å². The summed E-state index contributed by atoms with van der Waals surface area (Å²) in [6, 6.07) is 12.1. The number of pyridine rings is 2. The molecule has 5 rings (SSSR count). The summed E-state index contributed by atoms with van der Waals surface area (Å²) >= 11 is 0. The molecule has 300 valence electrons. The van der Waals surface area contributed by atoms with Gasteiger partial charge in [-0.1, -0.05) is 48.6 Å². The Labute approximate surface area is 318 Å². The van der Waals surface area contributed by atoms with Crippen LogP contribution >= 0.6 is 0 Å². The lowest BCUT2D eigenvalue weighted by Crippen LogP contribution is -2.45. The number of hydrogen-bond donors (Lipinski definition) is 1. The first-order valence-electron chi connectivity index (χ1n) is 17.4. The zero-order valence-corrected chi connectivity index (χ0v) is 31.3. The van der Waals surface area contributed by atoms with Crippen molar-refractivity contribution < 1.29 is 54.6 Å². The number of benzene rings is 1. The van der Waals surface area contributed by atoms with Crippen molar-refractivity contribution in [3.05, 3.63) is 95.7 Å². The Kier molecular flexibility index (Phi) is 11.8. The molecule has 4 aromatic rings. The van der Waals surface area contributed by atoms with Crippen LogP contribution in [0.1, 0.15) is 89.6 Å². The molecule has 0 spiro atoms. The lowest BCUT2D eigenvalue weighted by atomic mass is 9.95. The van der Waals surface area contributed by atoms with Crippen LogP contribution in [-0.2, 0) is 32.6 Å². The number of ether oxygens (including phenoxy) is 3. The number of nitrogens with one attached hydrogen (secondary N) is 1. The molecular weight excluding hydrogens is 750 g/mol. The molecular formula is C38H40F6N6O6. The van der Waals surface area contributed by atoms with Crippen molar-refractivity contribution in [2.45, 2.75) is 103 Å². The monoisotopic (exact) mass is 790 g/mol. The first kappa shape index (κ1) is 41.6. The molecule has 2 atom stereocenters. The van der Waals surface area contributed by atoms with E-state index >= 15 is 26.3 Å². The van der Waals surface area contributed by atoms with Gasteiger partial charge in [0.25, 0.3) is 11.8 Å². The Morgan fingerprint density at radius 2 is 1.54 bits per heavy atom. The first-order chi connectivity index (χ1) is 26.1. The lowest BCUT2D eigenvalue weighted by Gasteiger charge is -2.32. The molecule has 0 saturated carbocycles. The van der Waals surface area contributed by atoms with Crippen molar-refractivity contribution in [1.29, 1.82) is 0 Å². The van der Waals surface area contributed by atoms with Crippen LogP contribution in [0.15, 0.2) is 77.4 Å². The number of carbonyl (C=O) groups excluding carboxylic acids is 2. The third kappa shape index (κ3) is 9.82. The van der Waals surface area contributed by atoms with Gasteiger partial charge in [-0.05, 0) is 84.6 Å². The van der Waals surface area contributed by atoms with Crippen LogP contribution in [0.4, 0.5) is 47.4 Å². The van der Waals surface area contributed by atoms with Gasteiger partial charge in [-0.3, -0.25) is 4.98 Å². The van der Waals surface area contributed by atoms with E-state index in [2.05, 4.69) is 25.5 Å². The summed E-state index contributed by atoms with van der Waals surface area (Å²) in [6.07, 6.45) is -10.1. The summed E-state index contributed by atoms with van der Waals surface area (Å²) in [6.45, 7) is 8.11. The van der Waals surface area contributed by atoms with E-state index in [1.165, 1.54) is 59.9 Å². The third-order valence-corrected chi connectivity index (χ3v) is 8.02. The Hall–Kier alpha value is -5.52. The van der Waals surface area contributed by atoms with Crippen LogP contribution in [0.5, 0.6) is 0 Å². The summed E-state index contributed by atoms with van der Waals surface area (Å²) in [5.41, 5.74) is -8.38. The maximum atomic E-state index is 15.4. The predicted molar refractivity (Wildman–Crippen MR) is 190 cm³/mol. The molecule has 4 heterocycles. The number of aromatic nitrogens is 4. The van der Waals surface area contributed by atoms with Crippen molar-refractivity contribution >= 4 is 23.7 Å². The lowest BCUT2D eigenvalue weighted by molar-refractivity contribution is -0.299. The van der Waals surface area contributed by atoms with Gasteiger partial charge in [0.2, 0.25) is 5.60 Å². The summed E-state index contributed by atoms with van der Waals surface area (Å²) < 4.78 is 113. The zero-order chi connectivity index (χ0) is 41.1. The van der Waals surface area contributed by atoms with Crippen molar-refractivity contribution in [3.63, 3.8) is 0 Å². The van der Waals surface area contributed by atoms with Gasteiger partial charge in [-0.15, -0.1) is 10.2 Å². The second kappa shape index (κ2) is 15.9. The highest BCUT2D eigenvalue weighted by Crippen LogP contribution is 2.48. The minimum atomic E-state index is -5.19. The number of allylic oxidation sites excluding steroid dienone is 1. The second-order valence-corrected chi connectivity index (χ2v) is 14.8. The number of imide groups is 1. The number of anilines is 2. The van der Waals surface area contributed by atoms with Crippen LogP contribution < -0.4 is 10.2 Å². The van der Waals surface area contributed by atoms with Crippen LogP contribution in [0.2, 0.25) is 0 Å². The van der Waals surface area contributed by atoms with E-state index in [9.17, 15) is 9.59 Å². The highest BCUT2D eigenvalue weighted by Gasteiger charge is 2.61. The number of nitrogens with zero attached hydrogens (tertiary/aromatic N) is 5. The number of fused-ring (bicyclic) bond motifs is 5. The molecule has 2 amide bonds. The fourth-order valence-electron chi connectivity index (χ4n) is 5.53. The van der Waals surface area contributed by atoms with E-state index in [0.717, 1.165) is 0 Å². The summed E-state index contributed by atoms with van der Waals surface area (Å²) in [5, 5.41) is 10.3. The average molecular weight is 791 g/mol. The van der Waals surface area contributed by atoms with Gasteiger partial charge in [0.05, 0.1) is 29.6 Å². The van der Waals surface area contributed by atoms with Crippen molar-refractivity contribution in [1.82, 2.24) is 20.2 Å². The molecule has 1 unspecified atom stereocenters. The smallest absolute Gasteiger partial charge is 0.426 e. The maximum Gasteiger partial charge on any atom is 0.426 e. The van der Waals surface area contributed by atoms with Gasteiger partial charge in [0.15, 0.2) is 5.69 Å². The van der Waals surface area contributed by atoms with Gasteiger partial charge in [0, 0.05) is 6.20 Å². The fraction of sp³-hybridized carbons (Fsp3) is 0.421. The largest absolute Gasteiger partial charge is 0.443 e. The number of amides is 2. The minimum Gasteiger partial charge on any atom is -0.443 e. The molecule has 4 bridgehead atoms. The van der Waals surface area contributed by atoms with Crippen LogP contribution in [0, 0.1) is 0 Å². The Morgan fingerprint density at radius 1 is 0.893 bits per heavy atom. The van der Waals surface area contributed by atoms with Crippen molar-refractivity contribution in [2.24, 2.45) is 0 Å². The quantitative estimate of drug-likeness (QED) is 0.152. The molecule has 0 aliphatic carbocycles. The molecule has 18 heteroatoms. The van der Waals surface area contributed by atoms with E-state index in [0.29, 0.717) is 11.6 Å². The summed E-state index contributed by atoms with van der Waals surface area (Å²) in [7, 11) is 0. The Morgan fingerprint density at radius 3 is 2.11 bits per heavy atom.